The highest BCUT2D eigenvalue weighted by Crippen LogP contribution is 2.42. The van der Waals surface area contributed by atoms with E-state index in [1.54, 1.807) is 0 Å². The Labute approximate surface area is 100 Å². The Balaban J connectivity index is 2.05. The minimum atomic E-state index is -4.47. The normalized spacial score (nSPS) is 20.3. The van der Waals surface area contributed by atoms with Crippen LogP contribution in [-0.4, -0.2) is 18.0 Å². The second-order valence-electron chi connectivity index (χ2n) is 4.93. The minimum absolute atomic E-state index is 0.366. The largest absolute Gasteiger partial charge is 0.331 e. The van der Waals surface area contributed by atoms with Crippen LogP contribution in [0.1, 0.15) is 48.8 Å². The summed E-state index contributed by atoms with van der Waals surface area (Å²) in [5, 5.41) is 0. The van der Waals surface area contributed by atoms with Crippen molar-refractivity contribution < 1.29 is 12.3 Å². The van der Waals surface area contributed by atoms with Gasteiger partial charge in [0.15, 0.2) is 0 Å². The third-order valence-corrected chi connectivity index (χ3v) is 4.11. The van der Waals surface area contributed by atoms with E-state index in [1.807, 2.05) is 4.57 Å². The fraction of sp³-hybridized carbons (Fsp3) is 0.727. The molecule has 2 heterocycles. The summed E-state index contributed by atoms with van der Waals surface area (Å²) >= 11 is 0. The summed E-state index contributed by atoms with van der Waals surface area (Å²) in [6.07, 6.45) is 5.09. The van der Waals surface area contributed by atoms with Gasteiger partial charge in [-0.3, -0.25) is 0 Å². The number of aryl methyl sites for hydroxylation is 1. The van der Waals surface area contributed by atoms with Crippen LogP contribution in [0.15, 0.2) is 0 Å². The molecule has 6 heteroatoms. The lowest BCUT2D eigenvalue weighted by atomic mass is 10.1. The molecule has 0 amide bonds. The summed E-state index contributed by atoms with van der Waals surface area (Å²) in [5.74, 6) is 0.799. The molecule has 2 aliphatic rings. The van der Waals surface area contributed by atoms with Crippen molar-refractivity contribution in [3.8, 4) is 0 Å². The number of hydrogen-bond acceptors (Lipinski definition) is 3. The first-order chi connectivity index (χ1) is 8.04. The summed E-state index contributed by atoms with van der Waals surface area (Å²) < 4.78 is 36.6. The van der Waals surface area contributed by atoms with E-state index in [4.69, 9.17) is 0 Å². The van der Waals surface area contributed by atoms with Crippen molar-refractivity contribution in [1.29, 1.82) is 0 Å². The van der Waals surface area contributed by atoms with Crippen molar-refractivity contribution in [2.45, 2.75) is 50.3 Å². The van der Waals surface area contributed by atoms with Crippen LogP contribution in [0.4, 0.5) is 3.89 Å². The number of halogens is 1. The molecule has 0 spiro atoms. The van der Waals surface area contributed by atoms with Crippen LogP contribution >= 0.6 is 0 Å². The third kappa shape index (κ3) is 2.22. The maximum Gasteiger partial charge on any atom is 0.308 e. The van der Waals surface area contributed by atoms with Gasteiger partial charge in [-0.15, -0.1) is 3.89 Å². The van der Waals surface area contributed by atoms with E-state index >= 15 is 0 Å². The molecular formula is C11H15FN2O2S. The molecular weight excluding hydrogens is 243 g/mol. The molecule has 0 saturated heterocycles. The average molecular weight is 258 g/mol. The van der Waals surface area contributed by atoms with Gasteiger partial charge in [0.25, 0.3) is 0 Å². The lowest BCUT2D eigenvalue weighted by Crippen LogP contribution is -2.14. The van der Waals surface area contributed by atoms with E-state index in [2.05, 4.69) is 4.98 Å². The molecule has 0 unspecified atom stereocenters. The number of fused-ring (bicyclic) bond motifs is 1. The van der Waals surface area contributed by atoms with Crippen molar-refractivity contribution in [2.24, 2.45) is 0 Å². The van der Waals surface area contributed by atoms with Gasteiger partial charge in [-0.25, -0.2) is 4.98 Å². The highest BCUT2D eigenvalue weighted by atomic mass is 32.3. The highest BCUT2D eigenvalue weighted by Gasteiger charge is 2.33. The first kappa shape index (κ1) is 11.2. The second-order valence-corrected chi connectivity index (χ2v) is 6.29. The van der Waals surface area contributed by atoms with Gasteiger partial charge in [0.2, 0.25) is 0 Å². The summed E-state index contributed by atoms with van der Waals surface area (Å²) in [4.78, 5) is 4.53. The standard InChI is InChI=1S/C11H15FN2O2S/c12-17(15,16)7-9-11(8-4-5-8)13-10-3-1-2-6-14(9)10/h8H,1-7H2. The molecule has 1 aromatic rings. The number of hydrogen-bond donors (Lipinski definition) is 0. The van der Waals surface area contributed by atoms with Crippen LogP contribution in [-0.2, 0) is 28.9 Å². The number of imidazole rings is 1. The third-order valence-electron chi connectivity index (χ3n) is 3.49. The van der Waals surface area contributed by atoms with Crippen LogP contribution in [0.2, 0.25) is 0 Å². The van der Waals surface area contributed by atoms with Crippen LogP contribution < -0.4 is 0 Å². The van der Waals surface area contributed by atoms with Gasteiger partial charge in [-0.2, -0.15) is 8.42 Å². The van der Waals surface area contributed by atoms with E-state index in [0.29, 0.717) is 11.6 Å². The van der Waals surface area contributed by atoms with Gasteiger partial charge in [0.1, 0.15) is 11.6 Å². The Bertz CT molecular complexity index is 546. The van der Waals surface area contributed by atoms with Crippen molar-refractivity contribution >= 4 is 10.2 Å². The van der Waals surface area contributed by atoms with Gasteiger partial charge in [-0.05, 0) is 25.7 Å². The van der Waals surface area contributed by atoms with Gasteiger partial charge < -0.3 is 4.57 Å². The van der Waals surface area contributed by atoms with Gasteiger partial charge >= 0.3 is 10.2 Å². The van der Waals surface area contributed by atoms with E-state index < -0.39 is 16.0 Å². The zero-order chi connectivity index (χ0) is 12.0. The maximum absolute atomic E-state index is 12.9. The first-order valence-corrected chi connectivity index (χ1v) is 7.60. The molecule has 94 valence electrons. The first-order valence-electron chi connectivity index (χ1n) is 6.05. The molecule has 3 rings (SSSR count). The summed E-state index contributed by atoms with van der Waals surface area (Å²) in [6.45, 7) is 0.778. The number of aromatic nitrogens is 2. The smallest absolute Gasteiger partial charge is 0.308 e. The van der Waals surface area contributed by atoms with Crippen molar-refractivity contribution in [1.82, 2.24) is 9.55 Å². The van der Waals surface area contributed by atoms with Gasteiger partial charge in [0.05, 0.1) is 11.4 Å². The molecule has 1 aliphatic carbocycles. The average Bonchev–Trinajstić information content (AvgIpc) is 3.02. The lowest BCUT2D eigenvalue weighted by Gasteiger charge is -2.15. The molecule has 1 saturated carbocycles. The molecule has 0 atom stereocenters. The predicted molar refractivity (Wildman–Crippen MR) is 60.9 cm³/mol. The van der Waals surface area contributed by atoms with Gasteiger partial charge in [0, 0.05) is 18.9 Å². The second kappa shape index (κ2) is 3.80. The molecule has 1 fully saturated rings. The van der Waals surface area contributed by atoms with Crippen molar-refractivity contribution in [3.63, 3.8) is 0 Å². The highest BCUT2D eigenvalue weighted by molar-refractivity contribution is 7.85. The van der Waals surface area contributed by atoms with Crippen LogP contribution in [0, 0.1) is 0 Å². The van der Waals surface area contributed by atoms with Crippen LogP contribution in [0.25, 0.3) is 0 Å². The molecule has 0 radical (unpaired) electrons. The molecule has 17 heavy (non-hydrogen) atoms. The predicted octanol–water partition coefficient (Wildman–Crippen LogP) is 1.90. The monoisotopic (exact) mass is 258 g/mol. The van der Waals surface area contributed by atoms with E-state index in [9.17, 15) is 12.3 Å². The maximum atomic E-state index is 12.9. The summed E-state index contributed by atoms with van der Waals surface area (Å²) in [7, 11) is -4.47. The van der Waals surface area contributed by atoms with Crippen molar-refractivity contribution in [2.75, 3.05) is 0 Å². The molecule has 1 aromatic heterocycles. The Morgan fingerprint density at radius 3 is 2.76 bits per heavy atom. The molecule has 0 bridgehead atoms. The molecule has 1 aliphatic heterocycles. The van der Waals surface area contributed by atoms with Crippen molar-refractivity contribution in [3.05, 3.63) is 17.2 Å². The fourth-order valence-corrected chi connectivity index (χ4v) is 3.20. The minimum Gasteiger partial charge on any atom is -0.331 e. The zero-order valence-corrected chi connectivity index (χ0v) is 10.3. The van der Waals surface area contributed by atoms with Gasteiger partial charge in [-0.1, -0.05) is 0 Å². The Kier molecular flexibility index (Phi) is 2.50. The Morgan fingerprint density at radius 1 is 1.35 bits per heavy atom. The van der Waals surface area contributed by atoms with E-state index in [0.717, 1.165) is 50.2 Å². The Morgan fingerprint density at radius 2 is 2.12 bits per heavy atom. The lowest BCUT2D eigenvalue weighted by molar-refractivity contribution is 0.507. The molecule has 0 aromatic carbocycles. The van der Waals surface area contributed by atoms with Crippen LogP contribution in [0.3, 0.4) is 0 Å². The van der Waals surface area contributed by atoms with E-state index in [-0.39, 0.29) is 0 Å². The van der Waals surface area contributed by atoms with E-state index in [1.165, 1.54) is 0 Å². The molecule has 0 N–H and O–H groups in total. The summed E-state index contributed by atoms with van der Waals surface area (Å²) in [6, 6.07) is 0. The quantitative estimate of drug-likeness (QED) is 0.778. The number of nitrogens with zero attached hydrogens (tertiary/aromatic N) is 2. The SMILES string of the molecule is O=S(=O)(F)Cc1c(C2CC2)nc2n1CCCC2. The van der Waals surface area contributed by atoms with Crippen LogP contribution in [0.5, 0.6) is 0 Å². The fourth-order valence-electron chi connectivity index (χ4n) is 2.56. The zero-order valence-electron chi connectivity index (χ0n) is 9.52. The Hall–Kier alpha value is -0.910. The topological polar surface area (TPSA) is 52.0 Å². The summed E-state index contributed by atoms with van der Waals surface area (Å²) in [5.41, 5.74) is 1.44. The molecule has 4 nitrogen and oxygen atoms in total. The number of rotatable bonds is 3.